The average molecular weight is 351 g/mol. The fraction of sp³-hybridized carbons (Fsp3) is 0.381. The van der Waals surface area contributed by atoms with Crippen molar-refractivity contribution in [2.24, 2.45) is 4.99 Å². The maximum absolute atomic E-state index is 5.86. The minimum Gasteiger partial charge on any atom is -0.492 e. The number of nitrogens with zero attached hydrogens (tertiary/aromatic N) is 2. The summed E-state index contributed by atoms with van der Waals surface area (Å²) in [4.78, 5) is 6.91. The van der Waals surface area contributed by atoms with Crippen LogP contribution in [-0.4, -0.2) is 37.2 Å². The Kier molecular flexibility index (Phi) is 5.36. The Morgan fingerprint density at radius 3 is 2.54 bits per heavy atom. The van der Waals surface area contributed by atoms with E-state index in [4.69, 9.17) is 9.47 Å². The minimum atomic E-state index is 0.530. The van der Waals surface area contributed by atoms with Gasteiger partial charge in [-0.2, -0.15) is 0 Å². The third-order valence-electron chi connectivity index (χ3n) is 4.82. The predicted octanol–water partition coefficient (Wildman–Crippen LogP) is 3.91. The van der Waals surface area contributed by atoms with Gasteiger partial charge < -0.3 is 14.8 Å². The number of anilines is 1. The van der Waals surface area contributed by atoms with Gasteiger partial charge in [-0.1, -0.05) is 24.6 Å². The van der Waals surface area contributed by atoms with E-state index in [0.717, 1.165) is 30.3 Å². The quantitative estimate of drug-likeness (QED) is 0.887. The first-order chi connectivity index (χ1) is 12.9. The Labute approximate surface area is 154 Å². The molecule has 0 saturated carbocycles. The average Bonchev–Trinajstić information content (AvgIpc) is 2.70. The van der Waals surface area contributed by atoms with Crippen LogP contribution in [0.4, 0.5) is 5.69 Å². The summed E-state index contributed by atoms with van der Waals surface area (Å²) in [5, 5.41) is 3.22. The maximum atomic E-state index is 5.86. The van der Waals surface area contributed by atoms with Crippen molar-refractivity contribution < 1.29 is 9.47 Å². The third kappa shape index (κ3) is 4.35. The molecule has 5 nitrogen and oxygen atoms in total. The predicted molar refractivity (Wildman–Crippen MR) is 104 cm³/mol. The number of ether oxygens (including phenoxy) is 2. The normalized spacial score (nSPS) is 17.0. The summed E-state index contributed by atoms with van der Waals surface area (Å²) in [5.74, 6) is 1.62. The van der Waals surface area contributed by atoms with Gasteiger partial charge in [-0.15, -0.1) is 0 Å². The van der Waals surface area contributed by atoms with Crippen molar-refractivity contribution in [3.8, 4) is 11.5 Å². The van der Waals surface area contributed by atoms with Gasteiger partial charge in [0.1, 0.15) is 18.1 Å². The van der Waals surface area contributed by atoms with Gasteiger partial charge in [0.15, 0.2) is 0 Å². The topological polar surface area (TPSA) is 46.1 Å². The van der Waals surface area contributed by atoms with Crippen molar-refractivity contribution in [1.29, 1.82) is 0 Å². The van der Waals surface area contributed by atoms with E-state index in [2.05, 4.69) is 21.3 Å². The second-order valence-electron chi connectivity index (χ2n) is 6.73. The molecule has 2 aliphatic heterocycles. The molecule has 2 aliphatic rings. The summed E-state index contributed by atoms with van der Waals surface area (Å²) in [7, 11) is 0. The third-order valence-corrected chi connectivity index (χ3v) is 4.82. The van der Waals surface area contributed by atoms with Crippen molar-refractivity contribution in [1.82, 2.24) is 4.90 Å². The molecule has 1 N–H and O–H groups in total. The van der Waals surface area contributed by atoms with E-state index >= 15 is 0 Å². The highest BCUT2D eigenvalue weighted by Crippen LogP contribution is 2.22. The number of benzene rings is 2. The molecule has 0 bridgehead atoms. The van der Waals surface area contributed by atoms with Crippen LogP contribution >= 0.6 is 0 Å². The number of hydrogen-bond acceptors (Lipinski definition) is 5. The molecule has 1 saturated heterocycles. The number of likely N-dealkylation sites (tertiary alicyclic amines) is 1. The molecule has 4 rings (SSSR count). The number of fused-ring (bicyclic) bond motifs is 1. The Balaban J connectivity index is 1.26. The lowest BCUT2D eigenvalue weighted by molar-refractivity contribution is 0.183. The standard InChI is InChI=1S/C21H25N3O2/c1-4-12-24(13-5-1)14-15-25-18-8-10-19(11-9-18)26-21-22-16-17-6-2-3-7-20(17)23-21/h2-3,6-11H,1,4-5,12-16H2,(H,22,23). The summed E-state index contributed by atoms with van der Waals surface area (Å²) in [6, 6.07) is 16.4. The first kappa shape index (κ1) is 16.9. The number of piperidine rings is 1. The Morgan fingerprint density at radius 2 is 1.69 bits per heavy atom. The molecule has 1 fully saturated rings. The summed E-state index contributed by atoms with van der Waals surface area (Å²) in [6.07, 6.45) is 3.99. The molecular weight excluding hydrogens is 326 g/mol. The molecule has 0 spiro atoms. The highest BCUT2D eigenvalue weighted by molar-refractivity contribution is 5.92. The van der Waals surface area contributed by atoms with Crippen molar-refractivity contribution in [3.05, 3.63) is 54.1 Å². The first-order valence-electron chi connectivity index (χ1n) is 9.39. The molecule has 2 aromatic carbocycles. The molecule has 0 aromatic heterocycles. The van der Waals surface area contributed by atoms with Gasteiger partial charge >= 0.3 is 0 Å². The molecule has 2 heterocycles. The molecular formula is C21H25N3O2. The van der Waals surface area contributed by atoms with Gasteiger partial charge in [0.25, 0.3) is 6.02 Å². The van der Waals surface area contributed by atoms with Crippen molar-refractivity contribution in [3.63, 3.8) is 0 Å². The zero-order valence-corrected chi connectivity index (χ0v) is 15.0. The van der Waals surface area contributed by atoms with Gasteiger partial charge in [-0.3, -0.25) is 4.90 Å². The number of rotatable bonds is 5. The Morgan fingerprint density at radius 1 is 0.923 bits per heavy atom. The molecule has 26 heavy (non-hydrogen) atoms. The Hall–Kier alpha value is -2.53. The molecule has 0 atom stereocenters. The van der Waals surface area contributed by atoms with Crippen LogP contribution in [0.2, 0.25) is 0 Å². The highest BCUT2D eigenvalue weighted by atomic mass is 16.5. The smallest absolute Gasteiger partial charge is 0.295 e. The number of para-hydroxylation sites is 1. The van der Waals surface area contributed by atoms with E-state index < -0.39 is 0 Å². The van der Waals surface area contributed by atoms with Crippen LogP contribution in [0.5, 0.6) is 11.5 Å². The molecule has 136 valence electrons. The van der Waals surface area contributed by atoms with Crippen LogP contribution in [0.25, 0.3) is 0 Å². The van der Waals surface area contributed by atoms with E-state index in [-0.39, 0.29) is 0 Å². The second-order valence-corrected chi connectivity index (χ2v) is 6.73. The molecule has 2 aromatic rings. The van der Waals surface area contributed by atoms with Crippen LogP contribution in [0.3, 0.4) is 0 Å². The van der Waals surface area contributed by atoms with Crippen molar-refractivity contribution in [2.75, 3.05) is 31.6 Å². The van der Waals surface area contributed by atoms with Gasteiger partial charge in [-0.05, 0) is 61.8 Å². The highest BCUT2D eigenvalue weighted by Gasteiger charge is 2.13. The van der Waals surface area contributed by atoms with E-state index in [1.807, 2.05) is 42.5 Å². The fourth-order valence-electron chi connectivity index (χ4n) is 3.34. The number of aliphatic imine (C=N–C) groups is 1. The molecule has 5 heteroatoms. The van der Waals surface area contributed by atoms with Crippen LogP contribution in [0.1, 0.15) is 24.8 Å². The molecule has 0 amide bonds. The molecule has 0 unspecified atom stereocenters. The molecule has 0 radical (unpaired) electrons. The van der Waals surface area contributed by atoms with Gasteiger partial charge in [0.05, 0.1) is 6.54 Å². The maximum Gasteiger partial charge on any atom is 0.295 e. The van der Waals surface area contributed by atoms with Crippen LogP contribution < -0.4 is 14.8 Å². The number of hydrogen-bond donors (Lipinski definition) is 1. The van der Waals surface area contributed by atoms with E-state index in [1.165, 1.54) is 37.9 Å². The first-order valence-corrected chi connectivity index (χ1v) is 9.39. The van der Waals surface area contributed by atoms with Gasteiger partial charge in [0.2, 0.25) is 0 Å². The van der Waals surface area contributed by atoms with Crippen molar-refractivity contribution >= 4 is 11.7 Å². The minimum absolute atomic E-state index is 0.530. The van der Waals surface area contributed by atoms with Gasteiger partial charge in [0, 0.05) is 12.2 Å². The number of amidine groups is 1. The summed E-state index contributed by atoms with van der Waals surface area (Å²) in [5.41, 5.74) is 2.23. The lowest BCUT2D eigenvalue weighted by Gasteiger charge is -2.26. The summed E-state index contributed by atoms with van der Waals surface area (Å²) < 4.78 is 11.7. The zero-order chi connectivity index (χ0) is 17.6. The second kappa shape index (κ2) is 8.23. The SMILES string of the molecule is c1ccc2c(c1)CN=C(Oc1ccc(OCCN3CCCCC3)cc1)N2. The Bertz CT molecular complexity index is 752. The number of nitrogens with one attached hydrogen (secondary N) is 1. The fourth-order valence-corrected chi connectivity index (χ4v) is 3.34. The van der Waals surface area contributed by atoms with E-state index in [1.54, 1.807) is 0 Å². The van der Waals surface area contributed by atoms with Crippen LogP contribution in [0.15, 0.2) is 53.5 Å². The zero-order valence-electron chi connectivity index (χ0n) is 15.0. The summed E-state index contributed by atoms with van der Waals surface area (Å²) >= 11 is 0. The molecule has 0 aliphatic carbocycles. The lowest BCUT2D eigenvalue weighted by Crippen LogP contribution is -2.33. The van der Waals surface area contributed by atoms with E-state index in [9.17, 15) is 0 Å². The van der Waals surface area contributed by atoms with Crippen LogP contribution in [-0.2, 0) is 6.54 Å². The van der Waals surface area contributed by atoms with Crippen molar-refractivity contribution in [2.45, 2.75) is 25.8 Å². The largest absolute Gasteiger partial charge is 0.492 e. The van der Waals surface area contributed by atoms with Crippen LogP contribution in [0, 0.1) is 0 Å². The van der Waals surface area contributed by atoms with E-state index in [0.29, 0.717) is 12.6 Å². The lowest BCUT2D eigenvalue weighted by atomic mass is 10.1. The summed E-state index contributed by atoms with van der Waals surface area (Å²) in [6.45, 7) is 4.77. The monoisotopic (exact) mass is 351 g/mol. The van der Waals surface area contributed by atoms with Gasteiger partial charge in [-0.25, -0.2) is 4.99 Å².